The van der Waals surface area contributed by atoms with Crippen molar-refractivity contribution in [3.05, 3.63) is 145 Å². The number of ether oxygens (including phenoxy) is 3. The molecule has 0 aliphatic heterocycles. The van der Waals surface area contributed by atoms with Gasteiger partial charge in [0.1, 0.15) is 11.5 Å². The van der Waals surface area contributed by atoms with Crippen molar-refractivity contribution in [2.45, 2.75) is 16.7 Å². The monoisotopic (exact) mass is 726 g/mol. The van der Waals surface area contributed by atoms with E-state index in [0.29, 0.717) is 45.9 Å². The minimum atomic E-state index is -3.92. The molecule has 6 aromatic rings. The molecule has 2 aromatic heterocycles. The molecule has 0 bridgehead atoms. The Morgan fingerprint density at radius 1 is 0.627 bits per heavy atom. The van der Waals surface area contributed by atoms with Gasteiger partial charge < -0.3 is 14.2 Å². The highest BCUT2D eigenvalue weighted by Crippen LogP contribution is 2.29. The lowest BCUT2D eigenvalue weighted by Gasteiger charge is -2.11. The van der Waals surface area contributed by atoms with Gasteiger partial charge in [-0.2, -0.15) is 0 Å². The molecule has 0 spiro atoms. The molecule has 0 amide bonds. The Labute approximate surface area is 296 Å². The number of hydrogen-bond acceptors (Lipinski definition) is 9. The molecule has 0 aliphatic rings. The molecule has 0 radical (unpaired) electrons. The largest absolute Gasteiger partial charge is 0.497 e. The number of esters is 1. The zero-order valence-electron chi connectivity index (χ0n) is 27.9. The Morgan fingerprint density at radius 2 is 1.06 bits per heavy atom. The number of aldehydes is 1. The van der Waals surface area contributed by atoms with Crippen LogP contribution in [0.1, 0.15) is 27.6 Å². The van der Waals surface area contributed by atoms with E-state index >= 15 is 0 Å². The topological polar surface area (TPSA) is 140 Å². The number of carbonyl (C=O) groups excluding carboxylic acids is 2. The van der Waals surface area contributed by atoms with Crippen LogP contribution in [0.2, 0.25) is 0 Å². The van der Waals surface area contributed by atoms with E-state index in [1.54, 1.807) is 73.7 Å². The lowest BCUT2D eigenvalue weighted by Crippen LogP contribution is -2.13. The van der Waals surface area contributed by atoms with E-state index in [0.717, 1.165) is 7.94 Å². The van der Waals surface area contributed by atoms with Gasteiger partial charge in [-0.05, 0) is 78.7 Å². The average Bonchev–Trinajstić information content (AvgIpc) is 3.83. The van der Waals surface area contributed by atoms with Crippen LogP contribution in [0, 0.1) is 0 Å². The standard InChI is InChI=1S/C20H19NO5S.C18H15NO4S/c1-3-26-20(22)16-13-19(15-7-5-4-6-8-15)21(14-16)27(23,24)18-11-9-17(25-2)10-12-18;1-23-16-7-9-17(10-8-16)24(21,22)19-12-14(13-20)11-18(19)15-5-3-2-4-6-15/h4-14H,3H2,1-2H3;2-13H,1H3. The molecule has 51 heavy (non-hydrogen) atoms. The molecule has 4 aromatic carbocycles. The molecule has 13 heteroatoms. The first kappa shape index (κ1) is 36.4. The molecule has 0 atom stereocenters. The average molecular weight is 727 g/mol. The van der Waals surface area contributed by atoms with Gasteiger partial charge in [0.05, 0.1) is 47.6 Å². The van der Waals surface area contributed by atoms with Crippen molar-refractivity contribution in [3.8, 4) is 34.0 Å². The summed E-state index contributed by atoms with van der Waals surface area (Å²) in [6.07, 6.45) is 3.25. The molecule has 2 heterocycles. The molecule has 0 fully saturated rings. The normalized spacial score (nSPS) is 11.2. The van der Waals surface area contributed by atoms with Crippen LogP contribution in [0.15, 0.2) is 144 Å². The van der Waals surface area contributed by atoms with E-state index in [9.17, 15) is 26.4 Å². The first-order valence-electron chi connectivity index (χ1n) is 15.5. The maximum atomic E-state index is 13.2. The van der Waals surface area contributed by atoms with E-state index in [2.05, 4.69) is 0 Å². The molecule has 0 saturated heterocycles. The highest BCUT2D eigenvalue weighted by molar-refractivity contribution is 7.90. The van der Waals surface area contributed by atoms with Crippen molar-refractivity contribution >= 4 is 32.3 Å². The van der Waals surface area contributed by atoms with E-state index < -0.39 is 26.0 Å². The zero-order valence-corrected chi connectivity index (χ0v) is 29.5. The summed E-state index contributed by atoms with van der Waals surface area (Å²) in [5.41, 5.74) is 2.68. The molecule has 0 aliphatic carbocycles. The molecule has 0 N–H and O–H groups in total. The summed E-state index contributed by atoms with van der Waals surface area (Å²) in [7, 11) is -4.73. The summed E-state index contributed by atoms with van der Waals surface area (Å²) < 4.78 is 69.7. The van der Waals surface area contributed by atoms with Gasteiger partial charge in [-0.3, -0.25) is 4.79 Å². The van der Waals surface area contributed by atoms with Crippen LogP contribution in [0.3, 0.4) is 0 Å². The fourth-order valence-electron chi connectivity index (χ4n) is 5.06. The third-order valence-electron chi connectivity index (χ3n) is 7.61. The van der Waals surface area contributed by atoms with Crippen LogP contribution in [0.4, 0.5) is 0 Å². The number of aromatic nitrogens is 2. The number of benzene rings is 4. The third kappa shape index (κ3) is 7.95. The van der Waals surface area contributed by atoms with Gasteiger partial charge in [-0.25, -0.2) is 29.6 Å². The first-order valence-corrected chi connectivity index (χ1v) is 18.4. The molecular weight excluding hydrogens is 693 g/mol. The van der Waals surface area contributed by atoms with Gasteiger partial charge in [-0.1, -0.05) is 60.7 Å². The third-order valence-corrected chi connectivity index (χ3v) is 11.0. The van der Waals surface area contributed by atoms with Crippen LogP contribution >= 0.6 is 0 Å². The smallest absolute Gasteiger partial charge is 0.339 e. The van der Waals surface area contributed by atoms with E-state index in [-0.39, 0.29) is 22.0 Å². The Balaban J connectivity index is 0.000000199. The van der Waals surface area contributed by atoms with Gasteiger partial charge >= 0.3 is 5.97 Å². The SMILES string of the molecule is CCOC(=O)c1cc(-c2ccccc2)n(S(=O)(=O)c2ccc(OC)cc2)c1.COc1ccc(S(=O)(=O)n2cc(C=O)cc2-c2ccccc2)cc1. The van der Waals surface area contributed by atoms with Gasteiger partial charge in [0, 0.05) is 18.0 Å². The van der Waals surface area contributed by atoms with Crippen LogP contribution in [0.25, 0.3) is 22.5 Å². The summed E-state index contributed by atoms with van der Waals surface area (Å²) >= 11 is 0. The summed E-state index contributed by atoms with van der Waals surface area (Å²) in [5.74, 6) is 0.550. The van der Waals surface area contributed by atoms with Gasteiger partial charge in [-0.15, -0.1) is 0 Å². The van der Waals surface area contributed by atoms with Gasteiger partial charge in [0.2, 0.25) is 0 Å². The number of carbonyl (C=O) groups is 2. The van der Waals surface area contributed by atoms with Gasteiger partial charge in [0.25, 0.3) is 20.0 Å². The lowest BCUT2D eigenvalue weighted by atomic mass is 10.1. The fourth-order valence-corrected chi connectivity index (χ4v) is 7.82. The number of nitrogens with zero attached hydrogens (tertiary/aromatic N) is 2. The minimum absolute atomic E-state index is 0.0893. The maximum absolute atomic E-state index is 13.2. The predicted octanol–water partition coefficient (Wildman–Crippen LogP) is 6.79. The minimum Gasteiger partial charge on any atom is -0.497 e. The van der Waals surface area contributed by atoms with Crippen molar-refractivity contribution in [2.75, 3.05) is 20.8 Å². The highest BCUT2D eigenvalue weighted by atomic mass is 32.2. The highest BCUT2D eigenvalue weighted by Gasteiger charge is 2.25. The number of rotatable bonds is 11. The van der Waals surface area contributed by atoms with Gasteiger partial charge in [0.15, 0.2) is 6.29 Å². The second kappa shape index (κ2) is 15.7. The van der Waals surface area contributed by atoms with Crippen LogP contribution in [-0.4, -0.2) is 57.9 Å². The number of hydrogen-bond donors (Lipinski definition) is 0. The summed E-state index contributed by atoms with van der Waals surface area (Å²) in [6, 6.07) is 33.3. The van der Waals surface area contributed by atoms with Crippen molar-refractivity contribution in [1.82, 2.24) is 7.94 Å². The molecular formula is C38H34N2O9S2. The Kier molecular flexibility index (Phi) is 11.2. The Hall–Kier alpha value is -5.92. The summed E-state index contributed by atoms with van der Waals surface area (Å²) in [6.45, 7) is 1.90. The van der Waals surface area contributed by atoms with Crippen LogP contribution in [-0.2, 0) is 24.8 Å². The van der Waals surface area contributed by atoms with Crippen LogP contribution < -0.4 is 9.47 Å². The molecule has 6 rings (SSSR count). The zero-order chi connectivity index (χ0) is 36.6. The summed E-state index contributed by atoms with van der Waals surface area (Å²) in [4.78, 5) is 23.5. The molecule has 0 unspecified atom stereocenters. The quantitative estimate of drug-likeness (QED) is 0.104. The Morgan fingerprint density at radius 3 is 1.47 bits per heavy atom. The first-order chi connectivity index (χ1) is 24.5. The lowest BCUT2D eigenvalue weighted by molar-refractivity contribution is 0.0526. The van der Waals surface area contributed by atoms with Crippen molar-refractivity contribution in [3.63, 3.8) is 0 Å². The summed E-state index contributed by atoms with van der Waals surface area (Å²) in [5, 5.41) is 0. The molecule has 11 nitrogen and oxygen atoms in total. The maximum Gasteiger partial charge on any atom is 0.339 e. The van der Waals surface area contributed by atoms with E-state index in [1.807, 2.05) is 24.3 Å². The van der Waals surface area contributed by atoms with E-state index in [1.165, 1.54) is 56.9 Å². The number of methoxy groups -OCH3 is 2. The van der Waals surface area contributed by atoms with Crippen LogP contribution in [0.5, 0.6) is 11.5 Å². The second-order valence-electron chi connectivity index (χ2n) is 10.8. The second-order valence-corrected chi connectivity index (χ2v) is 14.4. The molecule has 262 valence electrons. The molecule has 0 saturated carbocycles. The predicted molar refractivity (Wildman–Crippen MR) is 192 cm³/mol. The Bertz CT molecular complexity index is 2330. The van der Waals surface area contributed by atoms with Crippen molar-refractivity contribution in [2.24, 2.45) is 0 Å². The van der Waals surface area contributed by atoms with E-state index in [4.69, 9.17) is 14.2 Å². The van der Waals surface area contributed by atoms with Crippen molar-refractivity contribution < 1.29 is 40.6 Å². The van der Waals surface area contributed by atoms with Crippen molar-refractivity contribution in [1.29, 1.82) is 0 Å². The fraction of sp³-hybridized carbons (Fsp3) is 0.105.